The molecule has 0 radical (unpaired) electrons. The van der Waals surface area contributed by atoms with Gasteiger partial charge in [0.25, 0.3) is 0 Å². The average Bonchev–Trinajstić information content (AvgIpc) is 2.67. The third kappa shape index (κ3) is 3.13. The van der Waals surface area contributed by atoms with Crippen molar-refractivity contribution in [2.45, 2.75) is 57.0 Å². The second-order valence-corrected chi connectivity index (χ2v) is 6.82. The molecule has 114 valence electrons. The largest absolute Gasteiger partial charge is 0.390 e. The summed E-state index contributed by atoms with van der Waals surface area (Å²) >= 11 is 0. The van der Waals surface area contributed by atoms with Crippen LogP contribution in [0.25, 0.3) is 0 Å². The van der Waals surface area contributed by atoms with Gasteiger partial charge in [0.2, 0.25) is 5.91 Å². The zero-order valence-electron chi connectivity index (χ0n) is 12.8. The van der Waals surface area contributed by atoms with E-state index in [2.05, 4.69) is 18.2 Å². The molecule has 3 nitrogen and oxygen atoms in total. The lowest BCUT2D eigenvalue weighted by Crippen LogP contribution is -2.38. The SMILES string of the molecule is CC1(O)CCCN(C(=O)C2CCCc3ccccc32)CC1. The van der Waals surface area contributed by atoms with Crippen molar-refractivity contribution in [1.82, 2.24) is 4.90 Å². The molecule has 1 saturated heterocycles. The average molecular weight is 287 g/mol. The number of hydrogen-bond acceptors (Lipinski definition) is 2. The van der Waals surface area contributed by atoms with Gasteiger partial charge in [-0.15, -0.1) is 0 Å². The standard InChI is InChI=1S/C18H25NO2/c1-18(21)10-5-12-19(13-11-18)17(20)16-9-4-7-14-6-2-3-8-15(14)16/h2-3,6,8,16,21H,4-5,7,9-13H2,1H3. The fourth-order valence-corrected chi connectivity index (χ4v) is 3.71. The van der Waals surface area contributed by atoms with E-state index in [1.807, 2.05) is 17.9 Å². The predicted molar refractivity (Wildman–Crippen MR) is 83.2 cm³/mol. The monoisotopic (exact) mass is 287 g/mol. The number of fused-ring (bicyclic) bond motifs is 1. The van der Waals surface area contributed by atoms with Gasteiger partial charge in [0.1, 0.15) is 0 Å². The van der Waals surface area contributed by atoms with Gasteiger partial charge < -0.3 is 10.0 Å². The molecule has 3 heteroatoms. The minimum absolute atomic E-state index is 0.0259. The van der Waals surface area contributed by atoms with Gasteiger partial charge in [-0.05, 0) is 56.6 Å². The molecule has 21 heavy (non-hydrogen) atoms. The number of aliphatic hydroxyl groups is 1. The molecule has 2 atom stereocenters. The first-order chi connectivity index (χ1) is 10.1. The lowest BCUT2D eigenvalue weighted by Gasteiger charge is -2.30. The molecule has 2 unspecified atom stereocenters. The van der Waals surface area contributed by atoms with Crippen molar-refractivity contribution in [3.05, 3.63) is 35.4 Å². The molecule has 0 aromatic heterocycles. The molecule has 0 spiro atoms. The van der Waals surface area contributed by atoms with E-state index >= 15 is 0 Å². The third-order valence-electron chi connectivity index (χ3n) is 5.04. The Labute approximate surface area is 127 Å². The Hall–Kier alpha value is -1.35. The number of carbonyl (C=O) groups is 1. The Kier molecular flexibility index (Phi) is 4.03. The van der Waals surface area contributed by atoms with Crippen LogP contribution in [0.15, 0.2) is 24.3 Å². The Bertz CT molecular complexity index is 524. The van der Waals surface area contributed by atoms with Crippen LogP contribution in [0.3, 0.4) is 0 Å². The maximum atomic E-state index is 12.9. The van der Waals surface area contributed by atoms with E-state index in [4.69, 9.17) is 0 Å². The molecule has 2 aliphatic rings. The van der Waals surface area contributed by atoms with E-state index in [0.717, 1.165) is 38.6 Å². The first-order valence-corrected chi connectivity index (χ1v) is 8.16. The second kappa shape index (κ2) is 5.80. The van der Waals surface area contributed by atoms with Crippen LogP contribution >= 0.6 is 0 Å². The van der Waals surface area contributed by atoms with Gasteiger partial charge >= 0.3 is 0 Å². The van der Waals surface area contributed by atoms with Crippen molar-refractivity contribution in [3.63, 3.8) is 0 Å². The Morgan fingerprint density at radius 1 is 1.24 bits per heavy atom. The predicted octanol–water partition coefficient (Wildman–Crippen LogP) is 2.87. The second-order valence-electron chi connectivity index (χ2n) is 6.82. The van der Waals surface area contributed by atoms with Crippen molar-refractivity contribution >= 4 is 5.91 Å². The molecule has 3 rings (SSSR count). The first-order valence-electron chi connectivity index (χ1n) is 8.16. The summed E-state index contributed by atoms with van der Waals surface area (Å²) < 4.78 is 0. The fraction of sp³-hybridized carbons (Fsp3) is 0.611. The van der Waals surface area contributed by atoms with Gasteiger partial charge in [-0.3, -0.25) is 4.79 Å². The molecule has 1 aromatic rings. The molecular formula is C18H25NO2. The smallest absolute Gasteiger partial charge is 0.230 e. The number of amides is 1. The van der Waals surface area contributed by atoms with Crippen LogP contribution in [0.2, 0.25) is 0 Å². The molecule has 1 heterocycles. The lowest BCUT2D eigenvalue weighted by atomic mass is 9.82. The number of nitrogens with zero attached hydrogens (tertiary/aromatic N) is 1. The van der Waals surface area contributed by atoms with Gasteiger partial charge in [0, 0.05) is 13.1 Å². The number of hydrogen-bond donors (Lipinski definition) is 1. The van der Waals surface area contributed by atoms with Crippen molar-refractivity contribution in [1.29, 1.82) is 0 Å². The summed E-state index contributed by atoms with van der Waals surface area (Å²) in [6.45, 7) is 3.36. The van der Waals surface area contributed by atoms with Crippen molar-refractivity contribution < 1.29 is 9.90 Å². The minimum atomic E-state index is -0.612. The number of carbonyl (C=O) groups excluding carboxylic acids is 1. The van der Waals surface area contributed by atoms with Crippen LogP contribution in [0.5, 0.6) is 0 Å². The van der Waals surface area contributed by atoms with Crippen molar-refractivity contribution in [2.75, 3.05) is 13.1 Å². The highest BCUT2D eigenvalue weighted by atomic mass is 16.3. The molecule has 0 saturated carbocycles. The Balaban J connectivity index is 1.77. The van der Waals surface area contributed by atoms with Crippen LogP contribution in [0.1, 0.15) is 56.1 Å². The van der Waals surface area contributed by atoms with Gasteiger partial charge in [0.15, 0.2) is 0 Å². The Morgan fingerprint density at radius 2 is 2.05 bits per heavy atom. The number of benzene rings is 1. The maximum Gasteiger partial charge on any atom is 0.230 e. The van der Waals surface area contributed by atoms with Gasteiger partial charge in [-0.25, -0.2) is 0 Å². The van der Waals surface area contributed by atoms with Crippen LogP contribution in [-0.2, 0) is 11.2 Å². The first kappa shape index (κ1) is 14.6. The summed E-state index contributed by atoms with van der Waals surface area (Å²) in [5.74, 6) is 0.290. The molecule has 1 aliphatic heterocycles. The molecular weight excluding hydrogens is 262 g/mol. The number of aryl methyl sites for hydroxylation is 1. The molecule has 1 amide bonds. The summed E-state index contributed by atoms with van der Waals surface area (Å²) in [6.07, 6.45) is 5.52. The summed E-state index contributed by atoms with van der Waals surface area (Å²) in [7, 11) is 0. The van der Waals surface area contributed by atoms with E-state index in [1.54, 1.807) is 0 Å². The summed E-state index contributed by atoms with van der Waals surface area (Å²) in [4.78, 5) is 14.9. The fourth-order valence-electron chi connectivity index (χ4n) is 3.71. The number of rotatable bonds is 1. The molecule has 1 aliphatic carbocycles. The van der Waals surface area contributed by atoms with Crippen LogP contribution in [0.4, 0.5) is 0 Å². The minimum Gasteiger partial charge on any atom is -0.390 e. The van der Waals surface area contributed by atoms with E-state index in [0.29, 0.717) is 13.0 Å². The zero-order chi connectivity index (χ0) is 14.9. The molecule has 1 N–H and O–H groups in total. The lowest BCUT2D eigenvalue weighted by molar-refractivity contribution is -0.133. The van der Waals surface area contributed by atoms with Crippen molar-refractivity contribution in [2.24, 2.45) is 0 Å². The van der Waals surface area contributed by atoms with Crippen molar-refractivity contribution in [3.8, 4) is 0 Å². The van der Waals surface area contributed by atoms with E-state index in [-0.39, 0.29) is 11.8 Å². The highest BCUT2D eigenvalue weighted by Gasteiger charge is 2.32. The quantitative estimate of drug-likeness (QED) is 0.863. The van der Waals surface area contributed by atoms with E-state index < -0.39 is 5.60 Å². The van der Waals surface area contributed by atoms with Crippen LogP contribution < -0.4 is 0 Å². The van der Waals surface area contributed by atoms with Gasteiger partial charge in [-0.2, -0.15) is 0 Å². The normalized spacial score (nSPS) is 29.6. The summed E-state index contributed by atoms with van der Waals surface area (Å²) in [6, 6.07) is 8.37. The number of likely N-dealkylation sites (tertiary alicyclic amines) is 1. The van der Waals surface area contributed by atoms with Gasteiger partial charge in [0.05, 0.1) is 11.5 Å². The summed E-state index contributed by atoms with van der Waals surface area (Å²) in [5.41, 5.74) is 1.95. The van der Waals surface area contributed by atoms with Gasteiger partial charge in [-0.1, -0.05) is 24.3 Å². The summed E-state index contributed by atoms with van der Waals surface area (Å²) in [5, 5.41) is 10.2. The third-order valence-corrected chi connectivity index (χ3v) is 5.04. The molecule has 1 fully saturated rings. The van der Waals surface area contributed by atoms with E-state index in [9.17, 15) is 9.90 Å². The molecule has 0 bridgehead atoms. The highest BCUT2D eigenvalue weighted by molar-refractivity contribution is 5.84. The van der Waals surface area contributed by atoms with Crippen LogP contribution in [-0.4, -0.2) is 34.6 Å². The molecule has 1 aromatic carbocycles. The highest BCUT2D eigenvalue weighted by Crippen LogP contribution is 2.34. The maximum absolute atomic E-state index is 12.9. The van der Waals surface area contributed by atoms with Crippen LogP contribution in [0, 0.1) is 0 Å². The zero-order valence-corrected chi connectivity index (χ0v) is 12.8. The topological polar surface area (TPSA) is 40.5 Å². The van der Waals surface area contributed by atoms with E-state index in [1.165, 1.54) is 11.1 Å². The Morgan fingerprint density at radius 3 is 2.90 bits per heavy atom.